The van der Waals surface area contributed by atoms with Gasteiger partial charge in [-0.2, -0.15) is 0 Å². The third-order valence-electron chi connectivity index (χ3n) is 6.16. The average Bonchev–Trinajstić information content (AvgIpc) is 2.86. The van der Waals surface area contributed by atoms with Crippen molar-refractivity contribution in [2.24, 2.45) is 0 Å². The average molecular weight is 433 g/mol. The van der Waals surface area contributed by atoms with E-state index in [-0.39, 0.29) is 18.6 Å². The van der Waals surface area contributed by atoms with Crippen molar-refractivity contribution >= 4 is 22.8 Å². The van der Waals surface area contributed by atoms with Crippen molar-refractivity contribution in [1.29, 1.82) is 0 Å². The summed E-state index contributed by atoms with van der Waals surface area (Å²) in [5.74, 6) is 0.0533. The highest BCUT2D eigenvalue weighted by atomic mass is 16.5. The molecule has 0 radical (unpaired) electrons. The molecule has 1 aliphatic carbocycles. The fourth-order valence-corrected chi connectivity index (χ4v) is 4.23. The molecule has 0 N–H and O–H groups in total. The molecule has 4 rings (SSSR count). The number of hydrogen-bond acceptors (Lipinski definition) is 5. The predicted molar refractivity (Wildman–Crippen MR) is 124 cm³/mol. The number of carbonyl (C=O) groups is 2. The number of hydrogen-bond donors (Lipinski definition) is 0. The number of aromatic nitrogens is 1. The van der Waals surface area contributed by atoms with Crippen LogP contribution in [0.25, 0.3) is 22.2 Å². The molecule has 3 aromatic rings. The van der Waals surface area contributed by atoms with E-state index in [0.29, 0.717) is 22.2 Å². The van der Waals surface area contributed by atoms with Crippen LogP contribution in [0.1, 0.15) is 42.5 Å². The first-order valence-electron chi connectivity index (χ1n) is 11.0. The SMILES string of the molecule is COc1ccc(-c2cc(C(=O)OCC(=O)N(C)C3CCCCC3)c3ccccc3n2)cc1. The van der Waals surface area contributed by atoms with Gasteiger partial charge < -0.3 is 14.4 Å². The number of esters is 1. The van der Waals surface area contributed by atoms with Gasteiger partial charge in [0.2, 0.25) is 0 Å². The topological polar surface area (TPSA) is 68.7 Å². The van der Waals surface area contributed by atoms with Crippen LogP contribution in [0.4, 0.5) is 0 Å². The molecule has 32 heavy (non-hydrogen) atoms. The quantitative estimate of drug-likeness (QED) is 0.521. The van der Waals surface area contributed by atoms with Gasteiger partial charge in [0.25, 0.3) is 5.91 Å². The van der Waals surface area contributed by atoms with E-state index in [1.165, 1.54) is 6.42 Å². The largest absolute Gasteiger partial charge is 0.497 e. The molecule has 0 spiro atoms. The standard InChI is InChI=1S/C26H28N2O4/c1-28(19-8-4-3-5-9-19)25(29)17-32-26(30)22-16-24(18-12-14-20(31-2)15-13-18)27-23-11-7-6-10-21(22)23/h6-7,10-16,19H,3-5,8-9,17H2,1-2H3. The third kappa shape index (κ3) is 4.74. The Bertz CT molecular complexity index is 1100. The van der Waals surface area contributed by atoms with E-state index < -0.39 is 5.97 Å². The van der Waals surface area contributed by atoms with Crippen molar-refractivity contribution in [1.82, 2.24) is 9.88 Å². The van der Waals surface area contributed by atoms with Gasteiger partial charge in [0.05, 0.1) is 23.9 Å². The van der Waals surface area contributed by atoms with Crippen LogP contribution < -0.4 is 4.74 Å². The van der Waals surface area contributed by atoms with Crippen molar-refractivity contribution in [2.45, 2.75) is 38.1 Å². The maximum Gasteiger partial charge on any atom is 0.339 e. The number of rotatable bonds is 6. The minimum atomic E-state index is -0.524. The Morgan fingerprint density at radius 1 is 1.03 bits per heavy atom. The van der Waals surface area contributed by atoms with E-state index in [1.807, 2.05) is 48.5 Å². The van der Waals surface area contributed by atoms with Crippen LogP contribution in [-0.2, 0) is 9.53 Å². The summed E-state index contributed by atoms with van der Waals surface area (Å²) in [5.41, 5.74) is 2.61. The van der Waals surface area contributed by atoms with E-state index in [4.69, 9.17) is 14.5 Å². The van der Waals surface area contributed by atoms with Crippen molar-refractivity contribution in [3.8, 4) is 17.0 Å². The minimum absolute atomic E-state index is 0.168. The van der Waals surface area contributed by atoms with E-state index in [1.54, 1.807) is 25.1 Å². The van der Waals surface area contributed by atoms with Crippen LogP contribution in [0.2, 0.25) is 0 Å². The predicted octanol–water partition coefficient (Wildman–Crippen LogP) is 4.86. The molecule has 1 fully saturated rings. The highest BCUT2D eigenvalue weighted by Gasteiger charge is 2.23. The second kappa shape index (κ2) is 9.81. The highest BCUT2D eigenvalue weighted by molar-refractivity contribution is 6.05. The van der Waals surface area contributed by atoms with Gasteiger partial charge in [-0.05, 0) is 49.2 Å². The number of fused-ring (bicyclic) bond motifs is 1. The number of ether oxygens (including phenoxy) is 2. The first kappa shape index (κ1) is 21.8. The lowest BCUT2D eigenvalue weighted by Gasteiger charge is -2.31. The lowest BCUT2D eigenvalue weighted by Crippen LogP contribution is -2.40. The minimum Gasteiger partial charge on any atom is -0.497 e. The fourth-order valence-electron chi connectivity index (χ4n) is 4.23. The molecule has 1 amide bonds. The van der Waals surface area contributed by atoms with Crippen molar-refractivity contribution in [3.05, 3.63) is 60.2 Å². The normalized spacial score (nSPS) is 14.2. The smallest absolute Gasteiger partial charge is 0.339 e. The first-order chi connectivity index (χ1) is 15.6. The summed E-state index contributed by atoms with van der Waals surface area (Å²) in [7, 11) is 3.42. The van der Waals surface area contributed by atoms with Crippen LogP contribution in [0.15, 0.2) is 54.6 Å². The lowest BCUT2D eigenvalue weighted by molar-refractivity contribution is -0.135. The van der Waals surface area contributed by atoms with Gasteiger partial charge in [0.15, 0.2) is 6.61 Å². The molecule has 0 bridgehead atoms. The molecular weight excluding hydrogens is 404 g/mol. The van der Waals surface area contributed by atoms with E-state index in [2.05, 4.69) is 0 Å². The third-order valence-corrected chi connectivity index (χ3v) is 6.16. The second-order valence-corrected chi connectivity index (χ2v) is 8.17. The van der Waals surface area contributed by atoms with E-state index in [9.17, 15) is 9.59 Å². The Balaban J connectivity index is 1.55. The number of nitrogens with zero attached hydrogens (tertiary/aromatic N) is 2. The van der Waals surface area contributed by atoms with Crippen molar-refractivity contribution in [2.75, 3.05) is 20.8 Å². The molecule has 0 saturated heterocycles. The maximum absolute atomic E-state index is 13.0. The molecule has 1 saturated carbocycles. The zero-order valence-corrected chi connectivity index (χ0v) is 18.5. The molecule has 1 aromatic heterocycles. The zero-order chi connectivity index (χ0) is 22.5. The van der Waals surface area contributed by atoms with E-state index >= 15 is 0 Å². The van der Waals surface area contributed by atoms with Gasteiger partial charge in [-0.1, -0.05) is 37.5 Å². The van der Waals surface area contributed by atoms with Gasteiger partial charge in [0.1, 0.15) is 5.75 Å². The molecule has 2 aromatic carbocycles. The Morgan fingerprint density at radius 3 is 2.47 bits per heavy atom. The number of likely N-dealkylation sites (N-methyl/N-ethyl adjacent to an activating group) is 1. The summed E-state index contributed by atoms with van der Waals surface area (Å²) in [6.45, 7) is -0.264. The number of para-hydroxylation sites is 1. The van der Waals surface area contributed by atoms with Crippen LogP contribution in [-0.4, -0.2) is 48.6 Å². The Morgan fingerprint density at radius 2 is 1.75 bits per heavy atom. The summed E-state index contributed by atoms with van der Waals surface area (Å²) >= 11 is 0. The lowest BCUT2D eigenvalue weighted by atomic mass is 9.94. The molecule has 166 valence electrons. The summed E-state index contributed by atoms with van der Waals surface area (Å²) < 4.78 is 10.7. The summed E-state index contributed by atoms with van der Waals surface area (Å²) in [4.78, 5) is 32.1. The number of methoxy groups -OCH3 is 1. The number of pyridine rings is 1. The zero-order valence-electron chi connectivity index (χ0n) is 18.5. The van der Waals surface area contributed by atoms with Crippen LogP contribution in [0.3, 0.4) is 0 Å². The van der Waals surface area contributed by atoms with Crippen molar-refractivity contribution < 1.29 is 19.1 Å². The van der Waals surface area contributed by atoms with Gasteiger partial charge in [0, 0.05) is 24.0 Å². The van der Waals surface area contributed by atoms with E-state index in [0.717, 1.165) is 37.0 Å². The number of carbonyl (C=O) groups excluding carboxylic acids is 2. The second-order valence-electron chi connectivity index (χ2n) is 8.17. The summed E-state index contributed by atoms with van der Waals surface area (Å²) in [6, 6.07) is 16.9. The first-order valence-corrected chi connectivity index (χ1v) is 11.0. The highest BCUT2D eigenvalue weighted by Crippen LogP contribution is 2.27. The molecule has 1 aliphatic rings. The summed E-state index contributed by atoms with van der Waals surface area (Å²) in [5, 5.41) is 0.697. The number of amides is 1. The van der Waals surface area contributed by atoms with Crippen LogP contribution in [0, 0.1) is 0 Å². The Hall–Kier alpha value is -3.41. The van der Waals surface area contributed by atoms with Gasteiger partial charge in [-0.25, -0.2) is 9.78 Å². The van der Waals surface area contributed by atoms with Gasteiger partial charge in [-0.15, -0.1) is 0 Å². The maximum atomic E-state index is 13.0. The molecule has 6 nitrogen and oxygen atoms in total. The molecular formula is C26H28N2O4. The molecule has 1 heterocycles. The molecule has 0 aliphatic heterocycles. The monoisotopic (exact) mass is 432 g/mol. The van der Waals surface area contributed by atoms with Gasteiger partial charge >= 0.3 is 5.97 Å². The van der Waals surface area contributed by atoms with Crippen LogP contribution in [0.5, 0.6) is 5.75 Å². The Labute approximate surface area is 188 Å². The van der Waals surface area contributed by atoms with Crippen molar-refractivity contribution in [3.63, 3.8) is 0 Å². The molecule has 0 atom stereocenters. The number of benzene rings is 2. The van der Waals surface area contributed by atoms with Crippen LogP contribution >= 0.6 is 0 Å². The Kier molecular flexibility index (Phi) is 6.69. The molecule has 0 unspecified atom stereocenters. The summed E-state index contributed by atoms with van der Waals surface area (Å²) in [6.07, 6.45) is 5.52. The molecule has 6 heteroatoms. The fraction of sp³-hybridized carbons (Fsp3) is 0.346. The van der Waals surface area contributed by atoms with Gasteiger partial charge in [-0.3, -0.25) is 4.79 Å².